The van der Waals surface area contributed by atoms with Gasteiger partial charge in [-0.1, -0.05) is 19.1 Å². The second-order valence-electron chi connectivity index (χ2n) is 3.78. The van der Waals surface area contributed by atoms with Crippen molar-refractivity contribution < 1.29 is 9.53 Å². The van der Waals surface area contributed by atoms with E-state index in [1.807, 2.05) is 24.3 Å². The highest BCUT2D eigenvalue weighted by molar-refractivity contribution is 5.77. The Labute approximate surface area is 102 Å². The Kier molecular flexibility index (Phi) is 6.10. The van der Waals surface area contributed by atoms with Crippen LogP contribution in [0, 0.1) is 0 Å². The summed E-state index contributed by atoms with van der Waals surface area (Å²) in [5.41, 5.74) is 6.58. The van der Waals surface area contributed by atoms with Crippen LogP contribution in [-0.4, -0.2) is 25.6 Å². The fourth-order valence-corrected chi connectivity index (χ4v) is 1.35. The monoisotopic (exact) mass is 236 g/mol. The lowest BCUT2D eigenvalue weighted by molar-refractivity contribution is -0.123. The predicted octanol–water partition coefficient (Wildman–Crippen LogP) is 1.09. The van der Waals surface area contributed by atoms with Crippen molar-refractivity contribution in [1.82, 2.24) is 5.32 Å². The minimum absolute atomic E-state index is 0.0516. The lowest BCUT2D eigenvalue weighted by atomic mass is 10.2. The lowest BCUT2D eigenvalue weighted by Gasteiger charge is -2.07. The highest BCUT2D eigenvalue weighted by atomic mass is 16.5. The van der Waals surface area contributed by atoms with E-state index in [9.17, 15) is 4.79 Å². The molecule has 0 aliphatic heterocycles. The minimum Gasteiger partial charge on any atom is -0.484 e. The van der Waals surface area contributed by atoms with Gasteiger partial charge in [0.2, 0.25) is 0 Å². The van der Waals surface area contributed by atoms with E-state index in [1.54, 1.807) is 0 Å². The SMILES string of the molecule is CCc1ccc(OCC(=O)NCCCN)cc1. The third-order valence-electron chi connectivity index (χ3n) is 2.40. The molecule has 1 amide bonds. The summed E-state index contributed by atoms with van der Waals surface area (Å²) in [6, 6.07) is 7.77. The van der Waals surface area contributed by atoms with E-state index in [0.29, 0.717) is 13.1 Å². The van der Waals surface area contributed by atoms with Crippen LogP contribution in [0.2, 0.25) is 0 Å². The summed E-state index contributed by atoms with van der Waals surface area (Å²) in [7, 11) is 0. The van der Waals surface area contributed by atoms with E-state index in [0.717, 1.165) is 18.6 Å². The van der Waals surface area contributed by atoms with Crippen molar-refractivity contribution in [1.29, 1.82) is 0 Å². The topological polar surface area (TPSA) is 64.3 Å². The van der Waals surface area contributed by atoms with Crippen LogP contribution in [0.3, 0.4) is 0 Å². The summed E-state index contributed by atoms with van der Waals surface area (Å²) in [6.07, 6.45) is 1.79. The third kappa shape index (κ3) is 5.36. The summed E-state index contributed by atoms with van der Waals surface area (Å²) in [6.45, 7) is 3.34. The summed E-state index contributed by atoms with van der Waals surface area (Å²) >= 11 is 0. The average molecular weight is 236 g/mol. The Bertz CT molecular complexity index is 336. The highest BCUT2D eigenvalue weighted by Crippen LogP contribution is 2.12. The Morgan fingerprint density at radius 2 is 2.06 bits per heavy atom. The van der Waals surface area contributed by atoms with Crippen LogP contribution >= 0.6 is 0 Å². The van der Waals surface area contributed by atoms with Crippen molar-refractivity contribution in [2.24, 2.45) is 5.73 Å². The molecule has 0 bridgehead atoms. The van der Waals surface area contributed by atoms with Crippen molar-refractivity contribution in [3.05, 3.63) is 29.8 Å². The Morgan fingerprint density at radius 3 is 2.65 bits per heavy atom. The maximum atomic E-state index is 11.3. The summed E-state index contributed by atoms with van der Waals surface area (Å²) in [5, 5.41) is 2.73. The molecule has 4 nitrogen and oxygen atoms in total. The maximum Gasteiger partial charge on any atom is 0.257 e. The van der Waals surface area contributed by atoms with E-state index in [2.05, 4.69) is 12.2 Å². The molecule has 0 aliphatic carbocycles. The average Bonchev–Trinajstić information content (AvgIpc) is 2.37. The quantitative estimate of drug-likeness (QED) is 0.697. The smallest absolute Gasteiger partial charge is 0.257 e. The molecule has 0 fully saturated rings. The molecule has 0 aliphatic rings. The molecule has 0 aromatic heterocycles. The van der Waals surface area contributed by atoms with Gasteiger partial charge in [-0.3, -0.25) is 4.79 Å². The van der Waals surface area contributed by atoms with Crippen LogP contribution in [0.15, 0.2) is 24.3 Å². The number of hydrogen-bond donors (Lipinski definition) is 2. The van der Waals surface area contributed by atoms with Gasteiger partial charge in [-0.05, 0) is 37.1 Å². The third-order valence-corrected chi connectivity index (χ3v) is 2.40. The maximum absolute atomic E-state index is 11.3. The number of benzene rings is 1. The number of amides is 1. The zero-order valence-corrected chi connectivity index (χ0v) is 10.2. The summed E-state index contributed by atoms with van der Waals surface area (Å²) < 4.78 is 5.35. The van der Waals surface area contributed by atoms with E-state index in [-0.39, 0.29) is 12.5 Å². The van der Waals surface area contributed by atoms with Crippen LogP contribution in [0.1, 0.15) is 18.9 Å². The molecular weight excluding hydrogens is 216 g/mol. The van der Waals surface area contributed by atoms with Crippen LogP contribution in [0.4, 0.5) is 0 Å². The standard InChI is InChI=1S/C13H20N2O2/c1-2-11-4-6-12(7-5-11)17-10-13(16)15-9-3-8-14/h4-7H,2-3,8-10,14H2,1H3,(H,15,16). The van der Waals surface area contributed by atoms with Crippen molar-refractivity contribution in [2.45, 2.75) is 19.8 Å². The molecule has 17 heavy (non-hydrogen) atoms. The number of nitrogens with one attached hydrogen (secondary N) is 1. The van der Waals surface area contributed by atoms with Gasteiger partial charge in [-0.25, -0.2) is 0 Å². The van der Waals surface area contributed by atoms with Gasteiger partial charge in [-0.2, -0.15) is 0 Å². The Hall–Kier alpha value is -1.55. The highest BCUT2D eigenvalue weighted by Gasteiger charge is 2.01. The predicted molar refractivity (Wildman–Crippen MR) is 68.0 cm³/mol. The molecule has 0 unspecified atom stereocenters. The first-order valence-electron chi connectivity index (χ1n) is 5.94. The Balaban J connectivity index is 2.27. The van der Waals surface area contributed by atoms with Crippen molar-refractivity contribution >= 4 is 5.91 Å². The number of ether oxygens (including phenoxy) is 1. The normalized spacial score (nSPS) is 10.0. The number of nitrogens with two attached hydrogens (primary N) is 1. The van der Waals surface area contributed by atoms with Crippen LogP contribution in [-0.2, 0) is 11.2 Å². The number of aryl methyl sites for hydroxylation is 1. The van der Waals surface area contributed by atoms with Gasteiger partial charge in [0, 0.05) is 6.54 Å². The van der Waals surface area contributed by atoms with Crippen LogP contribution in [0.25, 0.3) is 0 Å². The molecule has 1 rings (SSSR count). The molecule has 94 valence electrons. The fourth-order valence-electron chi connectivity index (χ4n) is 1.35. The van der Waals surface area contributed by atoms with Crippen molar-refractivity contribution in [3.63, 3.8) is 0 Å². The summed E-state index contributed by atoms with van der Waals surface area (Å²) in [5.74, 6) is 0.606. The van der Waals surface area contributed by atoms with E-state index >= 15 is 0 Å². The first kappa shape index (κ1) is 13.5. The minimum atomic E-state index is -0.113. The molecule has 0 atom stereocenters. The lowest BCUT2D eigenvalue weighted by Crippen LogP contribution is -2.30. The van der Waals surface area contributed by atoms with Crippen molar-refractivity contribution in [3.8, 4) is 5.75 Å². The Morgan fingerprint density at radius 1 is 1.35 bits per heavy atom. The van der Waals surface area contributed by atoms with Crippen LogP contribution < -0.4 is 15.8 Å². The largest absolute Gasteiger partial charge is 0.484 e. The molecule has 4 heteroatoms. The van der Waals surface area contributed by atoms with Gasteiger partial charge in [-0.15, -0.1) is 0 Å². The number of rotatable bonds is 7. The number of hydrogen-bond acceptors (Lipinski definition) is 3. The van der Waals surface area contributed by atoms with Crippen molar-refractivity contribution in [2.75, 3.05) is 19.7 Å². The van der Waals surface area contributed by atoms with Crippen LogP contribution in [0.5, 0.6) is 5.75 Å². The molecule has 0 spiro atoms. The zero-order valence-electron chi connectivity index (χ0n) is 10.2. The fraction of sp³-hybridized carbons (Fsp3) is 0.462. The summed E-state index contributed by atoms with van der Waals surface area (Å²) in [4.78, 5) is 11.3. The van der Waals surface area contributed by atoms with E-state index in [1.165, 1.54) is 5.56 Å². The van der Waals surface area contributed by atoms with Gasteiger partial charge in [0.1, 0.15) is 5.75 Å². The molecular formula is C13H20N2O2. The second-order valence-corrected chi connectivity index (χ2v) is 3.78. The molecule has 0 saturated heterocycles. The number of carbonyl (C=O) groups excluding carboxylic acids is 1. The molecule has 1 aromatic carbocycles. The molecule has 0 heterocycles. The van der Waals surface area contributed by atoms with Gasteiger partial charge in [0.15, 0.2) is 6.61 Å². The van der Waals surface area contributed by atoms with Gasteiger partial charge < -0.3 is 15.8 Å². The van der Waals surface area contributed by atoms with Gasteiger partial charge in [0.25, 0.3) is 5.91 Å². The van der Waals surface area contributed by atoms with Gasteiger partial charge >= 0.3 is 0 Å². The molecule has 1 aromatic rings. The second kappa shape index (κ2) is 7.68. The first-order valence-corrected chi connectivity index (χ1v) is 5.94. The molecule has 0 saturated carbocycles. The van der Waals surface area contributed by atoms with E-state index < -0.39 is 0 Å². The zero-order chi connectivity index (χ0) is 12.5. The molecule has 3 N–H and O–H groups in total. The van der Waals surface area contributed by atoms with E-state index in [4.69, 9.17) is 10.5 Å². The number of carbonyl (C=O) groups is 1. The molecule has 0 radical (unpaired) electrons. The van der Waals surface area contributed by atoms with Gasteiger partial charge in [0.05, 0.1) is 0 Å². The first-order chi connectivity index (χ1) is 8.26.